The summed E-state index contributed by atoms with van der Waals surface area (Å²) in [7, 11) is -3.11. The Hall–Kier alpha value is -6.41. The van der Waals surface area contributed by atoms with E-state index >= 15 is 4.57 Å². The van der Waals surface area contributed by atoms with Crippen LogP contribution in [0.1, 0.15) is 0 Å². The molecule has 0 unspecified atom stereocenters. The zero-order valence-corrected chi connectivity index (χ0v) is 29.0. The lowest BCUT2D eigenvalue weighted by atomic mass is 9.86. The third kappa shape index (κ3) is 4.71. The van der Waals surface area contributed by atoms with Crippen LogP contribution in [-0.4, -0.2) is 9.97 Å². The van der Waals surface area contributed by atoms with Gasteiger partial charge < -0.3 is 4.57 Å². The molecular formula is C48H31N2OP. The molecule has 0 saturated heterocycles. The van der Waals surface area contributed by atoms with Crippen molar-refractivity contribution in [2.45, 2.75) is 0 Å². The van der Waals surface area contributed by atoms with Crippen LogP contribution in [0.25, 0.3) is 76.6 Å². The summed E-state index contributed by atoms with van der Waals surface area (Å²) in [5.41, 5.74) is 7.07. The van der Waals surface area contributed by atoms with Crippen LogP contribution >= 0.6 is 7.14 Å². The number of nitrogens with zero attached hydrogens (tertiary/aromatic N) is 2. The van der Waals surface area contributed by atoms with Gasteiger partial charge in [0.05, 0.1) is 22.2 Å². The van der Waals surface area contributed by atoms with Gasteiger partial charge in [-0.3, -0.25) is 0 Å². The van der Waals surface area contributed by atoms with Crippen molar-refractivity contribution in [2.24, 2.45) is 0 Å². The topological polar surface area (TPSA) is 42.9 Å². The standard InChI is InChI=1S/C48H31N2OP/c51-52(34-16-3-1-4-17-34,35-18-5-2-6-19-35)36-29-27-32(28-30-36)45-37-20-8-10-22-39(37)46(40-23-11-9-21-38(40)45)48-42-31-33-15-7-13-25-43(33)49-47(42)41-24-12-14-26-44(41)50-48/h1-31H. The maximum atomic E-state index is 15.2. The van der Waals surface area contributed by atoms with Crippen LogP contribution < -0.4 is 15.9 Å². The van der Waals surface area contributed by atoms with Crippen molar-refractivity contribution in [1.82, 2.24) is 9.97 Å². The molecule has 244 valence electrons. The van der Waals surface area contributed by atoms with Crippen LogP contribution in [-0.2, 0) is 4.57 Å². The summed E-state index contributed by atoms with van der Waals surface area (Å²) < 4.78 is 15.2. The Balaban J connectivity index is 1.24. The molecule has 3 nitrogen and oxygen atoms in total. The molecule has 0 N–H and O–H groups in total. The first kappa shape index (κ1) is 30.4. The molecule has 4 heteroatoms. The molecule has 0 radical (unpaired) electrons. The summed E-state index contributed by atoms with van der Waals surface area (Å²) in [5, 5.41) is 10.1. The predicted octanol–water partition coefficient (Wildman–Crippen LogP) is 11.2. The summed E-state index contributed by atoms with van der Waals surface area (Å²) in [6, 6.07) is 64.2. The summed E-state index contributed by atoms with van der Waals surface area (Å²) in [6.07, 6.45) is 0. The van der Waals surface area contributed by atoms with Crippen LogP contribution in [0.3, 0.4) is 0 Å². The smallest absolute Gasteiger partial charge is 0.171 e. The Kier molecular flexibility index (Phi) is 7.09. The number of aromatic nitrogens is 2. The number of para-hydroxylation sites is 2. The minimum Gasteiger partial charge on any atom is -0.309 e. The average Bonchev–Trinajstić information content (AvgIpc) is 3.22. The van der Waals surface area contributed by atoms with Gasteiger partial charge in [0.1, 0.15) is 0 Å². The van der Waals surface area contributed by atoms with Gasteiger partial charge in [-0.05, 0) is 50.9 Å². The van der Waals surface area contributed by atoms with E-state index in [0.29, 0.717) is 0 Å². The molecule has 8 aromatic carbocycles. The van der Waals surface area contributed by atoms with E-state index in [1.807, 2.05) is 72.8 Å². The molecule has 0 aliphatic rings. The second-order valence-corrected chi connectivity index (χ2v) is 16.0. The van der Waals surface area contributed by atoms with Crippen LogP contribution in [0.5, 0.6) is 0 Å². The van der Waals surface area contributed by atoms with Gasteiger partial charge in [0.15, 0.2) is 7.14 Å². The molecule has 0 aliphatic carbocycles. The molecule has 0 atom stereocenters. The molecule has 10 aromatic rings. The molecule has 10 rings (SSSR count). The lowest BCUT2D eigenvalue weighted by molar-refractivity contribution is 0.592. The van der Waals surface area contributed by atoms with Crippen LogP contribution in [0.4, 0.5) is 0 Å². The van der Waals surface area contributed by atoms with Gasteiger partial charge in [-0.25, -0.2) is 9.97 Å². The molecule has 0 fully saturated rings. The van der Waals surface area contributed by atoms with E-state index in [9.17, 15) is 0 Å². The van der Waals surface area contributed by atoms with E-state index in [4.69, 9.17) is 9.97 Å². The summed E-state index contributed by atoms with van der Waals surface area (Å²) in [6.45, 7) is 0. The minimum absolute atomic E-state index is 0.811. The van der Waals surface area contributed by atoms with Crippen molar-refractivity contribution < 1.29 is 4.57 Å². The molecule has 2 aromatic heterocycles. The van der Waals surface area contributed by atoms with Gasteiger partial charge in [-0.1, -0.05) is 170 Å². The Morgan fingerprint density at radius 3 is 1.42 bits per heavy atom. The Labute approximate surface area is 301 Å². The van der Waals surface area contributed by atoms with E-state index in [1.165, 1.54) is 0 Å². The minimum atomic E-state index is -3.11. The van der Waals surface area contributed by atoms with E-state index < -0.39 is 7.14 Å². The summed E-state index contributed by atoms with van der Waals surface area (Å²) >= 11 is 0. The highest BCUT2D eigenvalue weighted by Crippen LogP contribution is 2.47. The first-order chi connectivity index (χ1) is 25.7. The fourth-order valence-electron chi connectivity index (χ4n) is 7.90. The van der Waals surface area contributed by atoms with Gasteiger partial charge in [-0.15, -0.1) is 0 Å². The molecule has 0 bridgehead atoms. The van der Waals surface area contributed by atoms with Gasteiger partial charge in [0, 0.05) is 37.6 Å². The number of hydrogen-bond acceptors (Lipinski definition) is 3. The monoisotopic (exact) mass is 682 g/mol. The first-order valence-corrected chi connectivity index (χ1v) is 19.2. The second kappa shape index (κ2) is 12.1. The Bertz CT molecular complexity index is 2930. The number of pyridine rings is 2. The fourth-order valence-corrected chi connectivity index (χ4v) is 10.5. The van der Waals surface area contributed by atoms with Crippen LogP contribution in [0.2, 0.25) is 0 Å². The van der Waals surface area contributed by atoms with Crippen molar-refractivity contribution in [3.05, 3.63) is 188 Å². The third-order valence-corrected chi connectivity index (χ3v) is 13.4. The molecule has 0 aliphatic heterocycles. The quantitative estimate of drug-likeness (QED) is 0.103. The molecule has 0 spiro atoms. The van der Waals surface area contributed by atoms with Gasteiger partial charge in [-0.2, -0.15) is 0 Å². The van der Waals surface area contributed by atoms with Crippen molar-refractivity contribution in [3.8, 4) is 22.4 Å². The number of rotatable bonds is 5. The highest BCUT2D eigenvalue weighted by molar-refractivity contribution is 7.85. The molecule has 2 heterocycles. The number of hydrogen-bond donors (Lipinski definition) is 0. The van der Waals surface area contributed by atoms with E-state index in [-0.39, 0.29) is 0 Å². The van der Waals surface area contributed by atoms with Crippen LogP contribution in [0.15, 0.2) is 188 Å². The number of benzene rings is 8. The molecule has 0 saturated carbocycles. The maximum Gasteiger partial charge on any atom is 0.171 e. The SMILES string of the molecule is O=P(c1ccccc1)(c1ccccc1)c1ccc(-c2c3ccccc3c(-c3nc4ccccc4c4nc5ccccc5cc34)c3ccccc23)cc1. The lowest BCUT2D eigenvalue weighted by Crippen LogP contribution is -2.24. The van der Waals surface area contributed by atoms with Gasteiger partial charge in [0.2, 0.25) is 0 Å². The maximum absolute atomic E-state index is 15.2. The van der Waals surface area contributed by atoms with E-state index in [2.05, 4.69) is 115 Å². The van der Waals surface area contributed by atoms with Crippen LogP contribution in [0, 0.1) is 0 Å². The van der Waals surface area contributed by atoms with Gasteiger partial charge >= 0.3 is 0 Å². The lowest BCUT2D eigenvalue weighted by Gasteiger charge is -2.21. The zero-order valence-electron chi connectivity index (χ0n) is 28.1. The molecule has 52 heavy (non-hydrogen) atoms. The molecule has 0 amide bonds. The average molecular weight is 683 g/mol. The second-order valence-electron chi connectivity index (χ2n) is 13.2. The van der Waals surface area contributed by atoms with Gasteiger partial charge in [0.25, 0.3) is 0 Å². The number of fused-ring (bicyclic) bond motifs is 6. The van der Waals surface area contributed by atoms with E-state index in [1.54, 1.807) is 0 Å². The fraction of sp³-hybridized carbons (Fsp3) is 0. The first-order valence-electron chi connectivity index (χ1n) is 17.5. The molecular weight excluding hydrogens is 652 g/mol. The Morgan fingerprint density at radius 1 is 0.365 bits per heavy atom. The highest BCUT2D eigenvalue weighted by Gasteiger charge is 2.30. The van der Waals surface area contributed by atoms with Crippen molar-refractivity contribution in [2.75, 3.05) is 0 Å². The highest BCUT2D eigenvalue weighted by atomic mass is 31.2. The van der Waals surface area contributed by atoms with Crippen molar-refractivity contribution in [1.29, 1.82) is 0 Å². The summed E-state index contributed by atoms with van der Waals surface area (Å²) in [4.78, 5) is 10.6. The van der Waals surface area contributed by atoms with E-state index in [0.717, 1.165) is 92.6 Å². The third-order valence-electron chi connectivity index (χ3n) is 10.3. The summed E-state index contributed by atoms with van der Waals surface area (Å²) in [5.74, 6) is 0. The normalized spacial score (nSPS) is 11.9. The van der Waals surface area contributed by atoms with Crippen molar-refractivity contribution in [3.63, 3.8) is 0 Å². The van der Waals surface area contributed by atoms with Crippen molar-refractivity contribution >= 4 is 77.3 Å². The predicted molar refractivity (Wildman–Crippen MR) is 220 cm³/mol. The Morgan fingerprint density at radius 2 is 0.827 bits per heavy atom. The zero-order chi connectivity index (χ0) is 34.6. The largest absolute Gasteiger partial charge is 0.309 e.